The summed E-state index contributed by atoms with van der Waals surface area (Å²) < 4.78 is 1.87. The predicted molar refractivity (Wildman–Crippen MR) is 72.0 cm³/mol. The van der Waals surface area contributed by atoms with Gasteiger partial charge in [-0.3, -0.25) is 18.8 Å². The molecule has 0 aromatic rings. The molecule has 1 aliphatic rings. The van der Waals surface area contributed by atoms with Gasteiger partial charge in [0.2, 0.25) is 11.8 Å². The standard InChI is InChI=1S/C11H20BN2O2S/c1-7(12-3)8(2)14-10(15)6-9(11(14)16)17-13(4)5/h7-9H,6H2,1-5H3. The van der Waals surface area contributed by atoms with E-state index in [1.54, 1.807) is 0 Å². The molecule has 0 N–H and O–H groups in total. The van der Waals surface area contributed by atoms with Gasteiger partial charge in [0.15, 0.2) is 0 Å². The third-order valence-electron chi connectivity index (χ3n) is 3.17. The van der Waals surface area contributed by atoms with Crippen LogP contribution in [0.3, 0.4) is 0 Å². The van der Waals surface area contributed by atoms with E-state index in [9.17, 15) is 9.59 Å². The summed E-state index contributed by atoms with van der Waals surface area (Å²) in [5.41, 5.74) is 0. The topological polar surface area (TPSA) is 40.6 Å². The molecule has 1 heterocycles. The number of amides is 2. The Morgan fingerprint density at radius 1 is 1.41 bits per heavy atom. The van der Waals surface area contributed by atoms with Crippen molar-refractivity contribution >= 4 is 31.0 Å². The molecule has 4 nitrogen and oxygen atoms in total. The SMILES string of the molecule is C[B]C(C)C(C)N1C(=O)CC(SN(C)C)C1=O. The van der Waals surface area contributed by atoms with E-state index < -0.39 is 0 Å². The number of hydrogen-bond donors (Lipinski definition) is 0. The lowest BCUT2D eigenvalue weighted by Crippen LogP contribution is -2.42. The number of rotatable bonds is 5. The van der Waals surface area contributed by atoms with E-state index in [2.05, 4.69) is 0 Å². The van der Waals surface area contributed by atoms with Crippen molar-refractivity contribution in [2.24, 2.45) is 0 Å². The molecule has 3 unspecified atom stereocenters. The maximum absolute atomic E-state index is 12.2. The summed E-state index contributed by atoms with van der Waals surface area (Å²) in [7, 11) is 5.80. The second-order valence-electron chi connectivity index (χ2n) is 4.65. The Balaban J connectivity index is 2.75. The van der Waals surface area contributed by atoms with Crippen LogP contribution in [0, 0.1) is 0 Å². The average molecular weight is 255 g/mol. The van der Waals surface area contributed by atoms with Crippen LogP contribution in [0.2, 0.25) is 12.6 Å². The summed E-state index contributed by atoms with van der Waals surface area (Å²) in [6.07, 6.45) is 0.322. The molecule has 1 saturated heterocycles. The zero-order chi connectivity index (χ0) is 13.2. The molecule has 17 heavy (non-hydrogen) atoms. The van der Waals surface area contributed by atoms with Gasteiger partial charge >= 0.3 is 0 Å². The Morgan fingerprint density at radius 3 is 2.47 bits per heavy atom. The second kappa shape index (κ2) is 5.91. The van der Waals surface area contributed by atoms with Crippen molar-refractivity contribution in [1.29, 1.82) is 0 Å². The van der Waals surface area contributed by atoms with E-state index in [-0.39, 0.29) is 28.9 Å². The highest BCUT2D eigenvalue weighted by atomic mass is 32.2. The molecule has 0 saturated carbocycles. The van der Waals surface area contributed by atoms with Crippen LogP contribution in [0.1, 0.15) is 20.3 Å². The van der Waals surface area contributed by atoms with Gasteiger partial charge in [-0.25, -0.2) is 0 Å². The summed E-state index contributed by atoms with van der Waals surface area (Å²) in [4.78, 5) is 25.5. The minimum Gasteiger partial charge on any atom is -0.279 e. The lowest BCUT2D eigenvalue weighted by Gasteiger charge is -2.27. The first-order chi connectivity index (χ1) is 7.88. The minimum atomic E-state index is -0.246. The summed E-state index contributed by atoms with van der Waals surface area (Å²) in [5, 5.41) is -0.246. The van der Waals surface area contributed by atoms with Crippen molar-refractivity contribution in [1.82, 2.24) is 9.21 Å². The Morgan fingerprint density at radius 2 is 2.00 bits per heavy atom. The van der Waals surface area contributed by atoms with Crippen LogP contribution in [-0.2, 0) is 9.59 Å². The van der Waals surface area contributed by atoms with Crippen molar-refractivity contribution < 1.29 is 9.59 Å². The predicted octanol–water partition coefficient (Wildman–Crippen LogP) is 1.27. The lowest BCUT2D eigenvalue weighted by atomic mass is 9.64. The zero-order valence-electron chi connectivity index (χ0n) is 11.1. The zero-order valence-corrected chi connectivity index (χ0v) is 12.0. The smallest absolute Gasteiger partial charge is 0.244 e. The summed E-state index contributed by atoms with van der Waals surface area (Å²) in [5.74, 6) is 0.136. The third kappa shape index (κ3) is 3.25. The van der Waals surface area contributed by atoms with Crippen molar-refractivity contribution in [3.8, 4) is 0 Å². The molecule has 95 valence electrons. The van der Waals surface area contributed by atoms with E-state index in [0.29, 0.717) is 6.42 Å². The third-order valence-corrected chi connectivity index (χ3v) is 4.22. The molecule has 0 spiro atoms. The van der Waals surface area contributed by atoms with Gasteiger partial charge in [-0.1, -0.05) is 31.5 Å². The van der Waals surface area contributed by atoms with Crippen molar-refractivity contribution in [2.75, 3.05) is 14.1 Å². The first-order valence-electron chi connectivity index (χ1n) is 5.88. The number of imide groups is 1. The Kier molecular flexibility index (Phi) is 5.07. The highest BCUT2D eigenvalue weighted by Crippen LogP contribution is 2.30. The van der Waals surface area contributed by atoms with E-state index in [4.69, 9.17) is 0 Å². The van der Waals surface area contributed by atoms with Crippen LogP contribution in [-0.4, -0.2) is 53.7 Å². The lowest BCUT2D eigenvalue weighted by molar-refractivity contribution is -0.140. The quantitative estimate of drug-likeness (QED) is 0.421. The monoisotopic (exact) mass is 255 g/mol. The van der Waals surface area contributed by atoms with E-state index in [1.165, 1.54) is 16.8 Å². The van der Waals surface area contributed by atoms with Crippen molar-refractivity contribution in [3.63, 3.8) is 0 Å². The van der Waals surface area contributed by atoms with Crippen LogP contribution < -0.4 is 0 Å². The van der Waals surface area contributed by atoms with Crippen molar-refractivity contribution in [2.45, 2.75) is 44.2 Å². The summed E-state index contributed by atoms with van der Waals surface area (Å²) in [6.45, 7) is 5.92. The van der Waals surface area contributed by atoms with Gasteiger partial charge in [0.05, 0.1) is 0 Å². The highest BCUT2D eigenvalue weighted by molar-refractivity contribution is 7.98. The minimum absolute atomic E-state index is 0.0458. The van der Waals surface area contributed by atoms with Crippen LogP contribution in [0.25, 0.3) is 0 Å². The van der Waals surface area contributed by atoms with Crippen molar-refractivity contribution in [3.05, 3.63) is 0 Å². The molecule has 1 aliphatic heterocycles. The molecule has 0 aromatic heterocycles. The fourth-order valence-corrected chi connectivity index (χ4v) is 2.83. The molecular formula is C11H20BN2O2S. The molecular weight excluding hydrogens is 235 g/mol. The fourth-order valence-electron chi connectivity index (χ4n) is 1.90. The summed E-state index contributed by atoms with van der Waals surface area (Å²) >= 11 is 1.43. The Hall–Kier alpha value is -0.485. The molecule has 0 aliphatic carbocycles. The van der Waals surface area contributed by atoms with E-state index >= 15 is 0 Å². The number of hydrogen-bond acceptors (Lipinski definition) is 4. The molecule has 2 amide bonds. The van der Waals surface area contributed by atoms with Gasteiger partial charge in [0, 0.05) is 12.5 Å². The number of carbonyl (C=O) groups is 2. The highest BCUT2D eigenvalue weighted by Gasteiger charge is 2.42. The van der Waals surface area contributed by atoms with Gasteiger partial charge in [0.1, 0.15) is 12.5 Å². The second-order valence-corrected chi connectivity index (χ2v) is 6.16. The van der Waals surface area contributed by atoms with Gasteiger partial charge < -0.3 is 0 Å². The fraction of sp³-hybridized carbons (Fsp3) is 0.818. The number of likely N-dealkylation sites (tertiary alicyclic amines) is 1. The molecule has 1 rings (SSSR count). The Labute approximate surface area is 108 Å². The van der Waals surface area contributed by atoms with Gasteiger partial charge in [-0.2, -0.15) is 0 Å². The van der Waals surface area contributed by atoms with Gasteiger partial charge in [-0.05, 0) is 21.0 Å². The van der Waals surface area contributed by atoms with Crippen LogP contribution in [0.5, 0.6) is 0 Å². The number of nitrogens with zero attached hydrogens (tertiary/aromatic N) is 2. The molecule has 3 atom stereocenters. The number of carbonyl (C=O) groups excluding carboxylic acids is 2. The normalized spacial score (nSPS) is 24.4. The maximum Gasteiger partial charge on any atom is 0.244 e. The largest absolute Gasteiger partial charge is 0.279 e. The van der Waals surface area contributed by atoms with Gasteiger partial charge in [-0.15, -0.1) is 0 Å². The van der Waals surface area contributed by atoms with Crippen LogP contribution in [0.4, 0.5) is 0 Å². The average Bonchev–Trinajstić information content (AvgIpc) is 2.51. The molecule has 1 fully saturated rings. The first kappa shape index (κ1) is 14.6. The van der Waals surface area contributed by atoms with E-state index in [1.807, 2.05) is 46.4 Å². The summed E-state index contributed by atoms with van der Waals surface area (Å²) in [6, 6.07) is -0.0484. The molecule has 1 radical (unpaired) electrons. The Bertz CT molecular complexity index is 312. The molecule has 0 bridgehead atoms. The molecule has 0 aromatic carbocycles. The van der Waals surface area contributed by atoms with E-state index in [0.717, 1.165) is 0 Å². The van der Waals surface area contributed by atoms with Gasteiger partial charge in [0.25, 0.3) is 0 Å². The van der Waals surface area contributed by atoms with Crippen LogP contribution >= 0.6 is 11.9 Å². The van der Waals surface area contributed by atoms with Crippen LogP contribution in [0.15, 0.2) is 0 Å². The molecule has 6 heteroatoms. The maximum atomic E-state index is 12.2. The first-order valence-corrected chi connectivity index (χ1v) is 6.71.